The van der Waals surface area contributed by atoms with Crippen molar-refractivity contribution >= 4 is 34.6 Å². The number of nitrogens with zero attached hydrogens (tertiary/aromatic N) is 1. The highest BCUT2D eigenvalue weighted by Crippen LogP contribution is 2.25. The molecule has 0 radical (unpaired) electrons. The van der Waals surface area contributed by atoms with E-state index < -0.39 is 0 Å². The van der Waals surface area contributed by atoms with Gasteiger partial charge >= 0.3 is 0 Å². The number of aryl methyl sites for hydroxylation is 1. The Kier molecular flexibility index (Phi) is 6.19. The Balaban J connectivity index is 1.67. The Labute approximate surface area is 179 Å². The number of rotatable bonds is 7. The van der Waals surface area contributed by atoms with E-state index in [2.05, 4.69) is 39.4 Å². The van der Waals surface area contributed by atoms with Crippen LogP contribution in [-0.2, 0) is 13.0 Å². The van der Waals surface area contributed by atoms with Crippen molar-refractivity contribution in [1.29, 1.82) is 0 Å². The molecule has 0 amide bonds. The zero-order valence-electron chi connectivity index (χ0n) is 16.0. The zero-order chi connectivity index (χ0) is 20.2. The molecule has 2 N–H and O–H groups in total. The van der Waals surface area contributed by atoms with Crippen molar-refractivity contribution in [3.8, 4) is 0 Å². The molecule has 1 unspecified atom stereocenters. The zero-order valence-corrected chi connectivity index (χ0v) is 17.6. The molecule has 6 heteroatoms. The van der Waals surface area contributed by atoms with Gasteiger partial charge in [0.15, 0.2) is 11.0 Å². The van der Waals surface area contributed by atoms with E-state index in [0.717, 1.165) is 39.8 Å². The van der Waals surface area contributed by atoms with E-state index in [1.807, 2.05) is 42.5 Å². The molecule has 1 aromatic heterocycles. The molecule has 148 valence electrons. The second-order valence-corrected chi connectivity index (χ2v) is 8.18. The molecule has 0 bridgehead atoms. The van der Waals surface area contributed by atoms with Gasteiger partial charge in [0, 0.05) is 16.3 Å². The van der Waals surface area contributed by atoms with Crippen molar-refractivity contribution in [2.24, 2.45) is 0 Å². The van der Waals surface area contributed by atoms with Gasteiger partial charge in [0.25, 0.3) is 5.82 Å². The number of hydrogen-bond acceptors (Lipinski definition) is 2. The molecule has 0 aliphatic heterocycles. The average molecular weight is 427 g/mol. The summed E-state index contributed by atoms with van der Waals surface area (Å²) in [5.41, 5.74) is 3.35. The van der Waals surface area contributed by atoms with E-state index in [4.69, 9.17) is 11.6 Å². The van der Waals surface area contributed by atoms with Gasteiger partial charge in [-0.25, -0.2) is 18.7 Å². The van der Waals surface area contributed by atoms with Crippen LogP contribution in [0.15, 0.2) is 77.7 Å². The van der Waals surface area contributed by atoms with Crippen LogP contribution in [0.3, 0.4) is 0 Å². The average Bonchev–Trinajstić information content (AvgIpc) is 3.12. The second kappa shape index (κ2) is 8.99. The third kappa shape index (κ3) is 4.64. The lowest BCUT2D eigenvalue weighted by Gasteiger charge is -2.15. The van der Waals surface area contributed by atoms with E-state index in [9.17, 15) is 4.39 Å². The van der Waals surface area contributed by atoms with E-state index in [-0.39, 0.29) is 11.9 Å². The van der Waals surface area contributed by atoms with Crippen LogP contribution < -0.4 is 9.29 Å². The summed E-state index contributed by atoms with van der Waals surface area (Å²) in [7, 11) is 0. The molecule has 0 aliphatic carbocycles. The second-order valence-electron chi connectivity index (χ2n) is 6.83. The summed E-state index contributed by atoms with van der Waals surface area (Å²) >= 11 is 7.57. The number of aromatic nitrogens is 2. The maximum absolute atomic E-state index is 13.4. The number of halogens is 2. The smallest absolute Gasteiger partial charge is 0.245 e. The molecule has 0 spiro atoms. The van der Waals surface area contributed by atoms with Gasteiger partial charge in [0.2, 0.25) is 0 Å². The summed E-state index contributed by atoms with van der Waals surface area (Å²) in [4.78, 5) is 4.67. The number of nitrogens with one attached hydrogen (secondary N) is 2. The largest absolute Gasteiger partial charge is 0.273 e. The molecule has 0 saturated carbocycles. The number of imidazole rings is 1. The van der Waals surface area contributed by atoms with Gasteiger partial charge in [0.05, 0.1) is 6.54 Å². The van der Waals surface area contributed by atoms with Gasteiger partial charge in [-0.05, 0) is 73.0 Å². The fourth-order valence-electron chi connectivity index (χ4n) is 3.46. The normalized spacial score (nSPS) is 12.4. The summed E-state index contributed by atoms with van der Waals surface area (Å²) < 4.78 is 19.3. The first-order valence-corrected chi connectivity index (χ1v) is 10.8. The van der Waals surface area contributed by atoms with E-state index in [1.54, 1.807) is 11.9 Å². The van der Waals surface area contributed by atoms with Gasteiger partial charge < -0.3 is 0 Å². The van der Waals surface area contributed by atoms with Crippen LogP contribution in [-0.4, -0.2) is 4.98 Å². The third-order valence-electron chi connectivity index (χ3n) is 4.88. The molecule has 0 fully saturated rings. The lowest BCUT2D eigenvalue weighted by atomic mass is 10.1. The molecule has 3 aromatic carbocycles. The van der Waals surface area contributed by atoms with Crippen LogP contribution in [0.25, 0.3) is 11.0 Å². The fourth-order valence-corrected chi connectivity index (χ4v) is 4.33. The molecular weight excluding hydrogens is 405 g/mol. The Morgan fingerprint density at radius 3 is 2.48 bits per heavy atom. The summed E-state index contributed by atoms with van der Waals surface area (Å²) in [5, 5.41) is 0.719. The van der Waals surface area contributed by atoms with Crippen LogP contribution in [0.5, 0.6) is 0 Å². The Morgan fingerprint density at radius 2 is 1.76 bits per heavy atom. The number of para-hydroxylation sites is 2. The predicted octanol–water partition coefficient (Wildman–Crippen LogP) is 5.85. The number of benzene rings is 3. The molecule has 1 heterocycles. The number of fused-ring (bicyclic) bond motifs is 1. The highest BCUT2D eigenvalue weighted by atomic mass is 35.5. The fraction of sp³-hybridized carbons (Fsp3) is 0.174. The maximum Gasteiger partial charge on any atom is 0.273 e. The molecule has 4 rings (SSSR count). The summed E-state index contributed by atoms with van der Waals surface area (Å²) in [6.07, 6.45) is 0.730. The van der Waals surface area contributed by atoms with Gasteiger partial charge in [-0.3, -0.25) is 0 Å². The van der Waals surface area contributed by atoms with Crippen LogP contribution in [0.1, 0.15) is 24.4 Å². The van der Waals surface area contributed by atoms with Crippen molar-refractivity contribution in [1.82, 2.24) is 9.71 Å². The predicted molar refractivity (Wildman–Crippen MR) is 117 cm³/mol. The topological polar surface area (TPSA) is 31.7 Å². The van der Waals surface area contributed by atoms with Crippen LogP contribution in [0, 0.1) is 5.82 Å². The highest BCUT2D eigenvalue weighted by molar-refractivity contribution is 7.97. The van der Waals surface area contributed by atoms with Crippen molar-refractivity contribution in [3.63, 3.8) is 0 Å². The summed E-state index contributed by atoms with van der Waals surface area (Å²) in [6.45, 7) is 3.00. The van der Waals surface area contributed by atoms with E-state index >= 15 is 0 Å². The minimum atomic E-state index is -0.219. The minimum Gasteiger partial charge on any atom is -0.245 e. The number of hydrogen-bond donors (Lipinski definition) is 2. The van der Waals surface area contributed by atoms with Crippen molar-refractivity contribution < 1.29 is 8.96 Å². The van der Waals surface area contributed by atoms with Crippen molar-refractivity contribution in [2.45, 2.75) is 30.8 Å². The molecule has 29 heavy (non-hydrogen) atoms. The first-order chi connectivity index (χ1) is 14.1. The molecule has 0 aliphatic rings. The van der Waals surface area contributed by atoms with Crippen LogP contribution in [0.2, 0.25) is 5.02 Å². The van der Waals surface area contributed by atoms with Crippen molar-refractivity contribution in [2.75, 3.05) is 0 Å². The summed E-state index contributed by atoms with van der Waals surface area (Å²) in [6, 6.07) is 22.8. The van der Waals surface area contributed by atoms with Crippen LogP contribution >= 0.6 is 23.5 Å². The maximum atomic E-state index is 13.4. The Bertz CT molecular complexity index is 1090. The van der Waals surface area contributed by atoms with Gasteiger partial charge in [-0.2, -0.15) is 0 Å². The van der Waals surface area contributed by atoms with Crippen LogP contribution in [0.4, 0.5) is 4.39 Å². The quantitative estimate of drug-likeness (QED) is 0.287. The Hall–Kier alpha value is -2.34. The minimum absolute atomic E-state index is 0.00786. The highest BCUT2D eigenvalue weighted by Gasteiger charge is 2.26. The molecular formula is C23H22ClFN3S+. The number of aromatic amines is 1. The third-order valence-corrected chi connectivity index (χ3v) is 6.04. The first-order valence-electron chi connectivity index (χ1n) is 9.57. The van der Waals surface area contributed by atoms with Gasteiger partial charge in [0.1, 0.15) is 11.9 Å². The van der Waals surface area contributed by atoms with Crippen molar-refractivity contribution in [3.05, 3.63) is 95.0 Å². The Morgan fingerprint density at radius 1 is 1.03 bits per heavy atom. The summed E-state index contributed by atoms with van der Waals surface area (Å²) in [5.74, 6) is 0.877. The monoisotopic (exact) mass is 426 g/mol. The van der Waals surface area contributed by atoms with Gasteiger partial charge in [-0.1, -0.05) is 35.9 Å². The van der Waals surface area contributed by atoms with E-state index in [1.165, 1.54) is 17.6 Å². The first kappa shape index (κ1) is 20.0. The molecule has 0 saturated heterocycles. The lowest BCUT2D eigenvalue weighted by Crippen LogP contribution is -2.40. The van der Waals surface area contributed by atoms with Gasteiger partial charge in [-0.15, -0.1) is 0 Å². The standard InChI is InChI=1S/C23H21ClFN3S/c1-2-28-22-6-4-3-5-20(22)26-23(28)21(15-16-7-11-18(25)12-8-16)27-29-19-13-9-17(24)10-14-19/h3-14,21,27H,2,15H2,1H3/p+1. The SMILES string of the molecule is CC[n+]1c(C(Cc2ccc(F)cc2)NSc2ccc(Cl)cc2)[nH]c2ccccc21. The lowest BCUT2D eigenvalue weighted by molar-refractivity contribution is -0.676. The number of H-pyrrole nitrogens is 1. The molecule has 4 aromatic rings. The van der Waals surface area contributed by atoms with E-state index in [0.29, 0.717) is 0 Å². The molecule has 3 nitrogen and oxygen atoms in total. The molecule has 1 atom stereocenters.